The maximum Gasteiger partial charge on any atom is 0.255 e. The van der Waals surface area contributed by atoms with Crippen LogP contribution in [-0.4, -0.2) is 29.0 Å². The quantitative estimate of drug-likeness (QED) is 0.561. The highest BCUT2D eigenvalue weighted by Gasteiger charge is 2.16. The number of nitrogens with zero attached hydrogens (tertiary/aromatic N) is 3. The van der Waals surface area contributed by atoms with Crippen LogP contribution in [0, 0.1) is 6.92 Å². The minimum Gasteiger partial charge on any atom is -0.341 e. The van der Waals surface area contributed by atoms with Crippen LogP contribution in [0.1, 0.15) is 28.9 Å². The Kier molecular flexibility index (Phi) is 5.76. The number of anilines is 4. The molecule has 29 heavy (non-hydrogen) atoms. The molecule has 4 rings (SSSR count). The number of carbonyl (C=O) groups is 1. The van der Waals surface area contributed by atoms with Crippen LogP contribution >= 0.6 is 15.9 Å². The third-order valence-electron chi connectivity index (χ3n) is 4.73. The Hall–Kier alpha value is -2.93. The molecule has 0 spiro atoms. The second kappa shape index (κ2) is 8.61. The van der Waals surface area contributed by atoms with E-state index in [1.54, 1.807) is 12.1 Å². The van der Waals surface area contributed by atoms with Crippen molar-refractivity contribution in [1.82, 2.24) is 9.97 Å². The molecule has 1 aliphatic rings. The van der Waals surface area contributed by atoms with E-state index in [0.717, 1.165) is 46.4 Å². The molecule has 2 heterocycles. The monoisotopic (exact) mass is 451 g/mol. The molecule has 148 valence electrons. The van der Waals surface area contributed by atoms with Gasteiger partial charge in [-0.25, -0.2) is 4.98 Å². The van der Waals surface area contributed by atoms with E-state index >= 15 is 0 Å². The molecule has 3 aromatic rings. The van der Waals surface area contributed by atoms with Gasteiger partial charge in [0.25, 0.3) is 5.91 Å². The SMILES string of the molecule is Cc1cc(Nc2ccc(NC(=O)c3cccc(Br)c3)cc2)nc(N2CCCC2)n1. The van der Waals surface area contributed by atoms with Crippen molar-refractivity contribution in [2.75, 3.05) is 28.6 Å². The van der Waals surface area contributed by atoms with Gasteiger partial charge >= 0.3 is 0 Å². The van der Waals surface area contributed by atoms with Crippen LogP contribution in [0.4, 0.5) is 23.1 Å². The van der Waals surface area contributed by atoms with E-state index in [2.05, 4.69) is 41.4 Å². The molecule has 1 fully saturated rings. The number of nitrogens with one attached hydrogen (secondary N) is 2. The molecular formula is C22H22BrN5O. The number of hydrogen-bond donors (Lipinski definition) is 2. The van der Waals surface area contributed by atoms with Crippen molar-refractivity contribution in [3.8, 4) is 0 Å². The van der Waals surface area contributed by atoms with E-state index in [4.69, 9.17) is 0 Å². The van der Waals surface area contributed by atoms with Crippen LogP contribution in [0.3, 0.4) is 0 Å². The fourth-order valence-corrected chi connectivity index (χ4v) is 3.69. The summed E-state index contributed by atoms with van der Waals surface area (Å²) in [5, 5.41) is 6.24. The third kappa shape index (κ3) is 4.92. The Morgan fingerprint density at radius 1 is 1.00 bits per heavy atom. The topological polar surface area (TPSA) is 70.2 Å². The molecule has 0 bridgehead atoms. The maximum absolute atomic E-state index is 12.4. The molecule has 0 unspecified atom stereocenters. The molecule has 1 aromatic heterocycles. The Bertz CT molecular complexity index is 1020. The lowest BCUT2D eigenvalue weighted by Crippen LogP contribution is -2.21. The normalized spacial score (nSPS) is 13.4. The molecule has 0 atom stereocenters. The summed E-state index contributed by atoms with van der Waals surface area (Å²) >= 11 is 3.39. The maximum atomic E-state index is 12.4. The van der Waals surface area contributed by atoms with Gasteiger partial charge in [0.1, 0.15) is 5.82 Å². The minimum atomic E-state index is -0.145. The smallest absolute Gasteiger partial charge is 0.255 e. The van der Waals surface area contributed by atoms with Crippen molar-refractivity contribution in [2.45, 2.75) is 19.8 Å². The summed E-state index contributed by atoms with van der Waals surface area (Å²) in [5.41, 5.74) is 3.17. The number of aromatic nitrogens is 2. The summed E-state index contributed by atoms with van der Waals surface area (Å²) in [6, 6.07) is 16.8. The Labute approximate surface area is 178 Å². The van der Waals surface area contributed by atoms with Crippen LogP contribution in [0.5, 0.6) is 0 Å². The van der Waals surface area contributed by atoms with Crippen molar-refractivity contribution < 1.29 is 4.79 Å². The summed E-state index contributed by atoms with van der Waals surface area (Å²) in [7, 11) is 0. The number of rotatable bonds is 5. The van der Waals surface area contributed by atoms with Gasteiger partial charge in [0.05, 0.1) is 0 Å². The molecule has 1 saturated heterocycles. The van der Waals surface area contributed by atoms with E-state index in [1.165, 1.54) is 12.8 Å². The van der Waals surface area contributed by atoms with Crippen LogP contribution in [0.15, 0.2) is 59.1 Å². The number of carbonyl (C=O) groups excluding carboxylic acids is 1. The predicted molar refractivity (Wildman–Crippen MR) is 120 cm³/mol. The number of aryl methyl sites for hydroxylation is 1. The third-order valence-corrected chi connectivity index (χ3v) is 5.23. The van der Waals surface area contributed by atoms with Crippen LogP contribution < -0.4 is 15.5 Å². The molecular weight excluding hydrogens is 430 g/mol. The van der Waals surface area contributed by atoms with Gasteiger partial charge in [0.2, 0.25) is 5.95 Å². The van der Waals surface area contributed by atoms with Crippen molar-refractivity contribution >= 4 is 45.0 Å². The van der Waals surface area contributed by atoms with Gasteiger partial charge in [-0.1, -0.05) is 22.0 Å². The average Bonchev–Trinajstić information content (AvgIpc) is 3.24. The molecule has 7 heteroatoms. The van der Waals surface area contributed by atoms with Crippen molar-refractivity contribution in [1.29, 1.82) is 0 Å². The molecule has 6 nitrogen and oxygen atoms in total. The molecule has 0 radical (unpaired) electrons. The van der Waals surface area contributed by atoms with Gasteiger partial charge in [-0.05, 0) is 62.2 Å². The molecule has 0 aliphatic carbocycles. The van der Waals surface area contributed by atoms with Gasteiger partial charge in [0, 0.05) is 46.3 Å². The fourth-order valence-electron chi connectivity index (χ4n) is 3.29. The summed E-state index contributed by atoms with van der Waals surface area (Å²) in [5.74, 6) is 1.40. The first-order valence-corrected chi connectivity index (χ1v) is 10.4. The predicted octanol–water partition coefficient (Wildman–Crippen LogP) is 5.14. The highest BCUT2D eigenvalue weighted by molar-refractivity contribution is 9.10. The number of hydrogen-bond acceptors (Lipinski definition) is 5. The van der Waals surface area contributed by atoms with Crippen LogP contribution in [0.2, 0.25) is 0 Å². The van der Waals surface area contributed by atoms with Crippen molar-refractivity contribution in [2.24, 2.45) is 0 Å². The standard InChI is InChI=1S/C22H22BrN5O/c1-15-13-20(27-22(24-15)28-11-2-3-12-28)25-18-7-9-19(10-8-18)26-21(29)16-5-4-6-17(23)14-16/h4-10,13-14H,2-3,11-12H2,1H3,(H,26,29)(H,24,25,27). The van der Waals surface area contributed by atoms with Crippen LogP contribution in [0.25, 0.3) is 0 Å². The van der Waals surface area contributed by atoms with Gasteiger partial charge < -0.3 is 15.5 Å². The zero-order valence-corrected chi connectivity index (χ0v) is 17.7. The molecule has 2 aromatic carbocycles. The minimum absolute atomic E-state index is 0.145. The molecule has 1 amide bonds. The van der Waals surface area contributed by atoms with Gasteiger partial charge in [-0.15, -0.1) is 0 Å². The average molecular weight is 452 g/mol. The molecule has 1 aliphatic heterocycles. The zero-order valence-electron chi connectivity index (χ0n) is 16.2. The van der Waals surface area contributed by atoms with Crippen LogP contribution in [-0.2, 0) is 0 Å². The van der Waals surface area contributed by atoms with E-state index in [9.17, 15) is 4.79 Å². The lowest BCUT2D eigenvalue weighted by atomic mass is 10.2. The summed E-state index contributed by atoms with van der Waals surface area (Å²) in [6.45, 7) is 4.00. The second-order valence-electron chi connectivity index (χ2n) is 7.06. The summed E-state index contributed by atoms with van der Waals surface area (Å²) in [4.78, 5) is 23.8. The highest BCUT2D eigenvalue weighted by Crippen LogP contribution is 2.22. The Balaban J connectivity index is 1.44. The molecule has 0 saturated carbocycles. The lowest BCUT2D eigenvalue weighted by molar-refractivity contribution is 0.102. The zero-order chi connectivity index (χ0) is 20.2. The largest absolute Gasteiger partial charge is 0.341 e. The van der Waals surface area contributed by atoms with Gasteiger partial charge in [0.15, 0.2) is 0 Å². The van der Waals surface area contributed by atoms with E-state index in [0.29, 0.717) is 5.56 Å². The van der Waals surface area contributed by atoms with Crippen molar-refractivity contribution in [3.05, 3.63) is 70.3 Å². The summed E-state index contributed by atoms with van der Waals surface area (Å²) < 4.78 is 0.873. The first-order chi connectivity index (χ1) is 14.1. The summed E-state index contributed by atoms with van der Waals surface area (Å²) in [6.07, 6.45) is 2.38. The molecule has 2 N–H and O–H groups in total. The fraction of sp³-hybridized carbons (Fsp3) is 0.227. The number of amides is 1. The second-order valence-corrected chi connectivity index (χ2v) is 7.97. The lowest BCUT2D eigenvalue weighted by Gasteiger charge is -2.17. The Morgan fingerprint density at radius 2 is 1.72 bits per heavy atom. The van der Waals surface area contributed by atoms with E-state index in [1.807, 2.05) is 49.4 Å². The van der Waals surface area contributed by atoms with Crippen molar-refractivity contribution in [3.63, 3.8) is 0 Å². The Morgan fingerprint density at radius 3 is 2.45 bits per heavy atom. The first-order valence-electron chi connectivity index (χ1n) is 9.61. The van der Waals surface area contributed by atoms with Gasteiger partial charge in [-0.3, -0.25) is 4.79 Å². The number of halogens is 1. The highest BCUT2D eigenvalue weighted by atomic mass is 79.9. The number of benzene rings is 2. The van der Waals surface area contributed by atoms with Gasteiger partial charge in [-0.2, -0.15) is 4.98 Å². The van der Waals surface area contributed by atoms with E-state index in [-0.39, 0.29) is 5.91 Å². The first kappa shape index (κ1) is 19.4. The van der Waals surface area contributed by atoms with E-state index < -0.39 is 0 Å².